The number of carbonyl (C=O) groups excluding carboxylic acids is 1. The molecule has 0 bridgehead atoms. The molecule has 3 rings (SSSR count). The summed E-state index contributed by atoms with van der Waals surface area (Å²) in [7, 11) is 3.54. The largest absolute Gasteiger partial charge is 0.497 e. The second kappa shape index (κ2) is 7.02. The Kier molecular flexibility index (Phi) is 4.84. The molecule has 1 aromatic carbocycles. The van der Waals surface area contributed by atoms with Gasteiger partial charge in [-0.25, -0.2) is 0 Å². The lowest BCUT2D eigenvalue weighted by atomic mass is 9.94. The maximum absolute atomic E-state index is 12.6. The highest BCUT2D eigenvalue weighted by molar-refractivity contribution is 6.04. The number of methoxy groups -OCH3 is 1. The zero-order valence-corrected chi connectivity index (χ0v) is 13.8. The Labute approximate surface area is 137 Å². The summed E-state index contributed by atoms with van der Waals surface area (Å²) in [6.07, 6.45) is 5.94. The van der Waals surface area contributed by atoms with Gasteiger partial charge in [0, 0.05) is 19.5 Å². The molecule has 0 aromatic heterocycles. The molecule has 124 valence electrons. The van der Waals surface area contributed by atoms with Gasteiger partial charge >= 0.3 is 0 Å². The van der Waals surface area contributed by atoms with E-state index < -0.39 is 6.10 Å². The predicted octanol–water partition coefficient (Wildman–Crippen LogP) is 2.98. The van der Waals surface area contributed by atoms with E-state index in [1.54, 1.807) is 7.11 Å². The molecule has 1 heterocycles. The molecule has 0 saturated heterocycles. The third-order valence-electron chi connectivity index (χ3n) is 4.84. The SMILES string of the molecule is COc1ccc(C2=NO[C@@H](C(=O)N(C)C3CCCCC3)C2)cc1. The molecule has 1 atom stereocenters. The van der Waals surface area contributed by atoms with E-state index in [-0.39, 0.29) is 5.91 Å². The van der Waals surface area contributed by atoms with Gasteiger partial charge in [-0.15, -0.1) is 0 Å². The van der Waals surface area contributed by atoms with E-state index in [1.165, 1.54) is 19.3 Å². The molecule has 2 aliphatic rings. The first-order valence-corrected chi connectivity index (χ1v) is 8.33. The van der Waals surface area contributed by atoms with Crippen LogP contribution in [0.4, 0.5) is 0 Å². The maximum Gasteiger partial charge on any atom is 0.266 e. The van der Waals surface area contributed by atoms with Gasteiger partial charge in [0.15, 0.2) is 0 Å². The second-order valence-corrected chi connectivity index (χ2v) is 6.31. The van der Waals surface area contributed by atoms with Crippen molar-refractivity contribution in [3.63, 3.8) is 0 Å². The minimum atomic E-state index is -0.487. The van der Waals surface area contributed by atoms with Crippen LogP contribution < -0.4 is 4.74 Å². The summed E-state index contributed by atoms with van der Waals surface area (Å²) in [4.78, 5) is 19.9. The molecular formula is C18H24N2O3. The average Bonchev–Trinajstić information content (AvgIpc) is 3.11. The number of amides is 1. The first kappa shape index (κ1) is 15.8. The van der Waals surface area contributed by atoms with Crippen LogP contribution in [0, 0.1) is 0 Å². The van der Waals surface area contributed by atoms with Gasteiger partial charge in [0.1, 0.15) is 5.75 Å². The van der Waals surface area contributed by atoms with Crippen molar-refractivity contribution in [2.75, 3.05) is 14.2 Å². The van der Waals surface area contributed by atoms with E-state index >= 15 is 0 Å². The quantitative estimate of drug-likeness (QED) is 0.858. The fraction of sp³-hybridized carbons (Fsp3) is 0.556. The lowest BCUT2D eigenvalue weighted by molar-refractivity contribution is -0.143. The highest BCUT2D eigenvalue weighted by Gasteiger charge is 2.33. The van der Waals surface area contributed by atoms with Crippen molar-refractivity contribution in [1.29, 1.82) is 0 Å². The zero-order chi connectivity index (χ0) is 16.2. The molecule has 0 radical (unpaired) electrons. The number of benzene rings is 1. The second-order valence-electron chi connectivity index (χ2n) is 6.31. The molecular weight excluding hydrogens is 292 g/mol. The monoisotopic (exact) mass is 316 g/mol. The fourth-order valence-corrected chi connectivity index (χ4v) is 3.34. The van der Waals surface area contributed by atoms with Gasteiger partial charge < -0.3 is 14.5 Å². The van der Waals surface area contributed by atoms with Crippen molar-refractivity contribution in [2.24, 2.45) is 5.16 Å². The van der Waals surface area contributed by atoms with E-state index in [9.17, 15) is 4.79 Å². The average molecular weight is 316 g/mol. The van der Waals surface area contributed by atoms with Crippen LogP contribution in [0.1, 0.15) is 44.1 Å². The molecule has 0 unspecified atom stereocenters. The molecule has 1 aliphatic carbocycles. The molecule has 1 fully saturated rings. The summed E-state index contributed by atoms with van der Waals surface area (Å²) in [5.41, 5.74) is 1.80. The summed E-state index contributed by atoms with van der Waals surface area (Å²) in [6.45, 7) is 0. The fourth-order valence-electron chi connectivity index (χ4n) is 3.34. The Balaban J connectivity index is 1.60. The summed E-state index contributed by atoms with van der Waals surface area (Å²) < 4.78 is 5.16. The van der Waals surface area contributed by atoms with Gasteiger partial charge in [0.05, 0.1) is 12.8 Å². The number of hydrogen-bond acceptors (Lipinski definition) is 4. The number of carbonyl (C=O) groups is 1. The number of nitrogens with zero attached hydrogens (tertiary/aromatic N) is 2. The number of ether oxygens (including phenoxy) is 1. The van der Waals surface area contributed by atoms with Gasteiger partial charge in [-0.3, -0.25) is 4.79 Å². The van der Waals surface area contributed by atoms with E-state index in [0.717, 1.165) is 29.9 Å². The third kappa shape index (κ3) is 3.49. The van der Waals surface area contributed by atoms with Crippen LogP contribution in [0.2, 0.25) is 0 Å². The number of likely N-dealkylation sites (N-methyl/N-ethyl adjacent to an activating group) is 1. The number of rotatable bonds is 4. The summed E-state index contributed by atoms with van der Waals surface area (Å²) in [5, 5.41) is 4.12. The zero-order valence-electron chi connectivity index (χ0n) is 13.8. The normalized spacial score (nSPS) is 21.5. The number of oxime groups is 1. The topological polar surface area (TPSA) is 51.1 Å². The van der Waals surface area contributed by atoms with Crippen LogP contribution in [-0.4, -0.2) is 42.8 Å². The first-order valence-electron chi connectivity index (χ1n) is 8.33. The lowest BCUT2D eigenvalue weighted by Gasteiger charge is -2.32. The van der Waals surface area contributed by atoms with Crippen LogP contribution in [0.15, 0.2) is 29.4 Å². The molecule has 0 N–H and O–H groups in total. The molecule has 1 amide bonds. The van der Waals surface area contributed by atoms with Crippen LogP contribution in [0.3, 0.4) is 0 Å². The molecule has 23 heavy (non-hydrogen) atoms. The van der Waals surface area contributed by atoms with Gasteiger partial charge in [-0.05, 0) is 42.7 Å². The Bertz CT molecular complexity index is 576. The van der Waals surface area contributed by atoms with Crippen LogP contribution in [0.5, 0.6) is 5.75 Å². The standard InChI is InChI=1S/C18H24N2O3/c1-20(14-6-4-3-5-7-14)18(21)17-12-16(19-23-17)13-8-10-15(22-2)11-9-13/h8-11,14,17H,3-7,12H2,1-2H3/t17-/m1/s1. The van der Waals surface area contributed by atoms with Crippen molar-refractivity contribution in [3.05, 3.63) is 29.8 Å². The van der Waals surface area contributed by atoms with Gasteiger partial charge in [0.25, 0.3) is 5.91 Å². The van der Waals surface area contributed by atoms with Crippen molar-refractivity contribution in [1.82, 2.24) is 4.90 Å². The van der Waals surface area contributed by atoms with Gasteiger partial charge in [-0.1, -0.05) is 24.4 Å². The Hall–Kier alpha value is -2.04. The van der Waals surface area contributed by atoms with Crippen molar-refractivity contribution < 1.29 is 14.4 Å². The van der Waals surface area contributed by atoms with E-state index in [2.05, 4.69) is 5.16 Å². The van der Waals surface area contributed by atoms with Crippen molar-refractivity contribution in [3.8, 4) is 5.75 Å². The minimum Gasteiger partial charge on any atom is -0.497 e. The van der Waals surface area contributed by atoms with E-state index in [1.807, 2.05) is 36.2 Å². The molecule has 1 aromatic rings. The predicted molar refractivity (Wildman–Crippen MR) is 88.7 cm³/mol. The Morgan fingerprint density at radius 1 is 1.22 bits per heavy atom. The van der Waals surface area contributed by atoms with Gasteiger partial charge in [0.2, 0.25) is 6.10 Å². The van der Waals surface area contributed by atoms with E-state index in [0.29, 0.717) is 12.5 Å². The Morgan fingerprint density at radius 2 is 1.91 bits per heavy atom. The lowest BCUT2D eigenvalue weighted by Crippen LogP contribution is -2.43. The smallest absolute Gasteiger partial charge is 0.266 e. The maximum atomic E-state index is 12.6. The molecule has 5 nitrogen and oxygen atoms in total. The summed E-state index contributed by atoms with van der Waals surface area (Å²) in [5.74, 6) is 0.849. The first-order chi connectivity index (χ1) is 11.2. The molecule has 5 heteroatoms. The van der Waals surface area contributed by atoms with Crippen molar-refractivity contribution in [2.45, 2.75) is 50.7 Å². The third-order valence-corrected chi connectivity index (χ3v) is 4.84. The number of hydrogen-bond donors (Lipinski definition) is 0. The van der Waals surface area contributed by atoms with Crippen molar-refractivity contribution >= 4 is 11.6 Å². The van der Waals surface area contributed by atoms with E-state index in [4.69, 9.17) is 9.57 Å². The van der Waals surface area contributed by atoms with Crippen LogP contribution in [-0.2, 0) is 9.63 Å². The van der Waals surface area contributed by atoms with Crippen LogP contribution in [0.25, 0.3) is 0 Å². The highest BCUT2D eigenvalue weighted by Crippen LogP contribution is 2.25. The highest BCUT2D eigenvalue weighted by atomic mass is 16.6. The molecule has 0 spiro atoms. The Morgan fingerprint density at radius 3 is 2.57 bits per heavy atom. The molecule has 1 saturated carbocycles. The molecule has 1 aliphatic heterocycles. The van der Waals surface area contributed by atoms with Gasteiger partial charge in [-0.2, -0.15) is 0 Å². The van der Waals surface area contributed by atoms with Crippen LogP contribution >= 0.6 is 0 Å². The minimum absolute atomic E-state index is 0.0455. The summed E-state index contributed by atoms with van der Waals surface area (Å²) >= 11 is 0. The summed E-state index contributed by atoms with van der Waals surface area (Å²) in [6, 6.07) is 8.02.